The lowest BCUT2D eigenvalue weighted by molar-refractivity contribution is -0.198. The molecule has 2 aromatic carbocycles. The minimum atomic E-state index is -1.68. The summed E-state index contributed by atoms with van der Waals surface area (Å²) in [6, 6.07) is 3.97. The van der Waals surface area contributed by atoms with Gasteiger partial charge in [-0.2, -0.15) is 0 Å². The predicted octanol–water partition coefficient (Wildman–Crippen LogP) is 5.17. The minimum absolute atomic E-state index is 0.0135. The number of ketones is 1. The standard InChI is InChI=1S/C65H87ClFN7O18S/c1-36(2)44(32-52(93)69-22-24-88-26-25-87-23-20-56(79)92-74-53(76)18-19-54(74)77)60(81)71-46(14-12-21-70-63(68)84)48(75)31-41-16-17-43(45(67)29-41)61(82)72(8)40(6)62(83)90-51-33-55(78)73(9)47-30-42(28-38(4)58(47)66)27-37(3)13-11-15-50(86-10)65(85)34-49(89-57(80)35-65)39(5)59-64(51,7)91-59/h11,13,15-17,28-30,36,39-40,44,46,49-51,59,85H,12,14,18-27,31-35H2,1-10H3,(H,69,93)(H,71,81)(H3,68,70,84)/b15-11+,37-13+/t39-,40+,44+,46+,49+,50-,51+,59+,64+,65-/m1/s1. The number of Topliss-reactive ketones (excluding diaryl/α,β-unsaturated/α-hetero) is 1. The van der Waals surface area contributed by atoms with Gasteiger partial charge < -0.3 is 69.8 Å². The summed E-state index contributed by atoms with van der Waals surface area (Å²) < 4.78 is 51.2. The molecule has 25 nitrogen and oxygen atoms in total. The number of thiocarbonyl (C=S) groups is 1. The molecule has 3 saturated heterocycles. The molecule has 6 rings (SSSR count). The minimum Gasteiger partial charge on any atom is -0.462 e. The maximum absolute atomic E-state index is 16.2. The number of urea groups is 1. The van der Waals surface area contributed by atoms with Crippen molar-refractivity contribution in [3.8, 4) is 0 Å². The van der Waals surface area contributed by atoms with E-state index in [0.29, 0.717) is 32.7 Å². The molecule has 0 spiro atoms. The number of allylic oxidation sites excluding steroid dienone is 3. The van der Waals surface area contributed by atoms with Crippen LogP contribution >= 0.6 is 23.8 Å². The molecule has 0 aromatic heterocycles. The van der Waals surface area contributed by atoms with Crippen molar-refractivity contribution in [3.63, 3.8) is 0 Å². The maximum Gasteiger partial charge on any atom is 0.335 e. The highest BCUT2D eigenvalue weighted by Crippen LogP contribution is 2.50. The summed E-state index contributed by atoms with van der Waals surface area (Å²) >= 11 is 12.4. The number of primary amides is 1. The molecule has 93 heavy (non-hydrogen) atoms. The third-order valence-corrected chi connectivity index (χ3v) is 18.0. The normalized spacial score (nSPS) is 24.3. The van der Waals surface area contributed by atoms with Gasteiger partial charge in [-0.3, -0.25) is 33.6 Å². The molecular weight excluding hydrogens is 1250 g/mol. The van der Waals surface area contributed by atoms with Crippen LogP contribution in [0.5, 0.6) is 0 Å². The molecule has 510 valence electrons. The zero-order valence-electron chi connectivity index (χ0n) is 54.3. The molecule has 10 atom stereocenters. The van der Waals surface area contributed by atoms with Crippen molar-refractivity contribution in [2.45, 2.75) is 167 Å². The fourth-order valence-corrected chi connectivity index (χ4v) is 11.9. The van der Waals surface area contributed by atoms with Gasteiger partial charge in [0.15, 0.2) is 5.78 Å². The predicted molar refractivity (Wildman–Crippen MR) is 340 cm³/mol. The molecule has 6 N–H and O–H groups in total. The highest BCUT2D eigenvalue weighted by Gasteiger charge is 2.64. The molecule has 0 unspecified atom stereocenters. The van der Waals surface area contributed by atoms with E-state index in [0.717, 1.165) is 22.1 Å². The molecule has 7 amide bonds. The number of imide groups is 1. The van der Waals surface area contributed by atoms with E-state index in [4.69, 9.17) is 62.8 Å². The van der Waals surface area contributed by atoms with Crippen LogP contribution in [0.25, 0.3) is 0 Å². The number of epoxide rings is 1. The van der Waals surface area contributed by atoms with E-state index in [2.05, 4.69) is 16.0 Å². The number of carbonyl (C=O) groups is 10. The Morgan fingerprint density at radius 2 is 1.66 bits per heavy atom. The average Bonchev–Trinajstić information content (AvgIpc) is 1.58. The van der Waals surface area contributed by atoms with E-state index < -0.39 is 137 Å². The van der Waals surface area contributed by atoms with Crippen LogP contribution in [0.4, 0.5) is 14.9 Å². The van der Waals surface area contributed by atoms with Crippen LogP contribution in [0.2, 0.25) is 5.02 Å². The fraction of sp³-hybridized carbons (Fsp3) is 0.585. The Hall–Kier alpha value is -7.27. The summed E-state index contributed by atoms with van der Waals surface area (Å²) in [7, 11) is 4.25. The number of halogens is 2. The topological polar surface area (TPSA) is 331 Å². The number of benzene rings is 2. The number of anilines is 1. The second-order valence-corrected chi connectivity index (χ2v) is 25.5. The Kier molecular flexibility index (Phi) is 27.1. The van der Waals surface area contributed by atoms with E-state index in [9.17, 15) is 53.1 Å². The molecular formula is C65H87ClFN7O18S. The molecule has 4 aliphatic heterocycles. The molecule has 0 saturated carbocycles. The monoisotopic (exact) mass is 1340 g/mol. The van der Waals surface area contributed by atoms with Gasteiger partial charge in [-0.15, -0.1) is 5.06 Å². The van der Waals surface area contributed by atoms with Crippen LogP contribution in [-0.4, -0.2) is 188 Å². The molecule has 4 aliphatic rings. The van der Waals surface area contributed by atoms with Gasteiger partial charge >= 0.3 is 23.9 Å². The van der Waals surface area contributed by atoms with Crippen LogP contribution in [0.1, 0.15) is 126 Å². The zero-order valence-corrected chi connectivity index (χ0v) is 55.9. The number of rotatable bonds is 27. The summed E-state index contributed by atoms with van der Waals surface area (Å²) in [6.07, 6.45) is 0.819. The van der Waals surface area contributed by atoms with Gasteiger partial charge in [-0.1, -0.05) is 80.5 Å². The third kappa shape index (κ3) is 20.4. The average molecular weight is 1340 g/mol. The number of methoxy groups -OCH3 is 1. The number of likely N-dealkylation sites (N-methyl/N-ethyl adjacent to an activating group) is 1. The lowest BCUT2D eigenvalue weighted by atomic mass is 9.78. The first-order valence-electron chi connectivity index (χ1n) is 31.0. The highest BCUT2D eigenvalue weighted by atomic mass is 35.5. The maximum atomic E-state index is 16.2. The van der Waals surface area contributed by atoms with Gasteiger partial charge in [0, 0.05) is 78.2 Å². The van der Waals surface area contributed by atoms with Gasteiger partial charge in [-0.05, 0) is 87.8 Å². The number of hydroxylamine groups is 2. The lowest BCUT2D eigenvalue weighted by Gasteiger charge is -2.41. The van der Waals surface area contributed by atoms with Crippen molar-refractivity contribution in [1.29, 1.82) is 0 Å². The second-order valence-electron chi connectivity index (χ2n) is 24.6. The van der Waals surface area contributed by atoms with Crippen LogP contribution in [0.3, 0.4) is 0 Å². The summed E-state index contributed by atoms with van der Waals surface area (Å²) in [4.78, 5) is 138. The molecule has 28 heteroatoms. The number of hydrogen-bond donors (Lipinski definition) is 5. The van der Waals surface area contributed by atoms with E-state index in [1.54, 1.807) is 39.1 Å². The van der Waals surface area contributed by atoms with E-state index in [-0.39, 0.29) is 109 Å². The first-order chi connectivity index (χ1) is 43.9. The SMILES string of the molecule is CO[C@@H]1/C=C/C=C(\C)Cc2cc(C)c(Cl)c(c2)N(C)C(=O)C[C@H](OC(=O)[C@H](C)N(C)C(=O)c2ccc(CC(=O)[C@H](CCCNC(N)=O)NC(=O)[C@@H](CC(=S)NCCOCCOCCC(=O)ON3C(=O)CCC3=O)C(C)C)cc2F)[C@]2(C)O[C@H]2[C@H](C)[C@@H]2C[C@@]1(O)CC(=O)O2. The lowest BCUT2D eigenvalue weighted by Crippen LogP contribution is -2.53. The number of carbonyl (C=O) groups excluding carboxylic acids is 10. The van der Waals surface area contributed by atoms with Crippen molar-refractivity contribution >= 4 is 93.8 Å². The number of amides is 7. The Balaban J connectivity index is 1.09. The van der Waals surface area contributed by atoms with Crippen LogP contribution in [0, 0.1) is 30.5 Å². The quantitative estimate of drug-likeness (QED) is 0.0253. The summed E-state index contributed by atoms with van der Waals surface area (Å²) in [5.41, 5.74) is 4.78. The van der Waals surface area contributed by atoms with Crippen molar-refractivity contribution in [1.82, 2.24) is 25.9 Å². The highest BCUT2D eigenvalue weighted by molar-refractivity contribution is 7.80. The van der Waals surface area contributed by atoms with Crippen molar-refractivity contribution in [3.05, 3.63) is 87.2 Å². The van der Waals surface area contributed by atoms with E-state index >= 15 is 4.39 Å². The number of fused-ring (bicyclic) bond motifs is 5. The van der Waals surface area contributed by atoms with Gasteiger partial charge in [0.05, 0.1) is 79.1 Å². The number of nitrogens with zero attached hydrogens (tertiary/aromatic N) is 3. The molecule has 2 aromatic rings. The van der Waals surface area contributed by atoms with Gasteiger partial charge in [0.1, 0.15) is 41.4 Å². The summed E-state index contributed by atoms with van der Waals surface area (Å²) in [6.45, 7) is 13.0. The van der Waals surface area contributed by atoms with E-state index in [1.165, 1.54) is 38.1 Å². The van der Waals surface area contributed by atoms with Crippen molar-refractivity contribution in [2.24, 2.45) is 23.5 Å². The Morgan fingerprint density at radius 1 is 0.968 bits per heavy atom. The number of nitrogens with two attached hydrogens (primary N) is 1. The number of hydrogen-bond acceptors (Lipinski definition) is 19. The smallest absolute Gasteiger partial charge is 0.335 e. The first kappa shape index (κ1) is 74.8. The van der Waals surface area contributed by atoms with Gasteiger partial charge in [0.2, 0.25) is 11.8 Å². The number of ether oxygens (including phenoxy) is 6. The number of nitrogens with one attached hydrogen (secondary N) is 3. The Morgan fingerprint density at radius 3 is 2.31 bits per heavy atom. The van der Waals surface area contributed by atoms with Crippen LogP contribution in [0.15, 0.2) is 54.1 Å². The molecule has 0 aliphatic carbocycles. The van der Waals surface area contributed by atoms with Gasteiger partial charge in [-0.25, -0.2) is 18.8 Å². The molecule has 3 fully saturated rings. The largest absolute Gasteiger partial charge is 0.462 e. The molecule has 0 radical (unpaired) electrons. The Labute approximate surface area is 551 Å². The van der Waals surface area contributed by atoms with Crippen LogP contribution in [-0.2, 0) is 84.5 Å². The second kappa shape index (κ2) is 33.7. The Bertz CT molecular complexity index is 3190. The van der Waals surface area contributed by atoms with Crippen molar-refractivity contribution in [2.75, 3.05) is 65.6 Å². The number of aryl methyl sites for hydroxylation is 1. The summed E-state index contributed by atoms with van der Waals surface area (Å²) in [5.74, 6) is -8.61. The molecule has 4 heterocycles. The first-order valence-corrected chi connectivity index (χ1v) is 31.8. The molecule has 4 bridgehead atoms. The van der Waals surface area contributed by atoms with Crippen LogP contribution < -0.4 is 26.6 Å². The van der Waals surface area contributed by atoms with Crippen molar-refractivity contribution < 1.29 is 90.7 Å². The van der Waals surface area contributed by atoms with Gasteiger partial charge in [0.25, 0.3) is 17.7 Å². The third-order valence-electron chi connectivity index (χ3n) is 17.2. The van der Waals surface area contributed by atoms with E-state index in [1.807, 2.05) is 39.8 Å². The fourth-order valence-electron chi connectivity index (χ4n) is 11.4. The number of esters is 2. The number of aliphatic hydroxyl groups is 1. The summed E-state index contributed by atoms with van der Waals surface area (Å²) in [5, 5.41) is 21.2. The zero-order chi connectivity index (χ0) is 68.6.